The smallest absolute Gasteiger partial charge is 0.192 e. The number of nitrogens with one attached hydrogen (secondary N) is 2. The lowest BCUT2D eigenvalue weighted by Gasteiger charge is -2.39. The molecule has 0 amide bonds. The molecule has 0 spiro atoms. The molecule has 0 radical (unpaired) electrons. The second-order valence-corrected chi connectivity index (χ2v) is 13.5. The Hall–Kier alpha value is -1.06. The molecule has 1 unspecified atom stereocenters. The number of nitriles is 1. The van der Waals surface area contributed by atoms with Crippen LogP contribution in [-0.2, 0) is 4.43 Å². The van der Waals surface area contributed by atoms with Crippen LogP contribution in [-0.4, -0.2) is 33.6 Å². The first-order chi connectivity index (χ1) is 11.6. The molecule has 0 aromatic heterocycles. The minimum absolute atomic E-state index is 0.213. The lowest BCUT2D eigenvalue weighted by molar-refractivity contribution is 0.170. The van der Waals surface area contributed by atoms with Crippen molar-refractivity contribution in [2.45, 2.75) is 64.4 Å². The fraction of sp³-hybridized carbons (Fsp3) is 0.632. The van der Waals surface area contributed by atoms with Crippen LogP contribution in [0.2, 0.25) is 23.2 Å². The zero-order valence-corrected chi connectivity index (χ0v) is 17.9. The zero-order valence-electron chi connectivity index (χ0n) is 16.2. The van der Waals surface area contributed by atoms with Crippen LogP contribution >= 0.6 is 11.6 Å². The van der Waals surface area contributed by atoms with E-state index in [0.717, 1.165) is 30.8 Å². The maximum absolute atomic E-state index is 9.07. The molecule has 25 heavy (non-hydrogen) atoms. The lowest BCUT2D eigenvalue weighted by atomic mass is 10.1. The number of benzene rings is 1. The highest BCUT2D eigenvalue weighted by Gasteiger charge is 2.41. The van der Waals surface area contributed by atoms with Crippen molar-refractivity contribution in [2.75, 3.05) is 18.4 Å². The molecule has 6 heteroatoms. The normalized spacial score (nSPS) is 21.2. The van der Waals surface area contributed by atoms with Gasteiger partial charge in [-0.15, -0.1) is 0 Å². The Morgan fingerprint density at radius 1 is 1.40 bits per heavy atom. The second kappa shape index (κ2) is 7.67. The molecule has 2 N–H and O–H groups in total. The summed E-state index contributed by atoms with van der Waals surface area (Å²) in [5, 5.41) is 16.8. The summed E-state index contributed by atoms with van der Waals surface area (Å²) in [7, 11) is -1.78. The SMILES string of the molecule is Cc1c(NCC2NCC[C@H]2O[Si](C)(C)C(C)(C)C)ccc(C#N)c1Cl. The molecule has 1 aliphatic rings. The maximum atomic E-state index is 9.07. The molecule has 0 aliphatic carbocycles. The summed E-state index contributed by atoms with van der Waals surface area (Å²) in [4.78, 5) is 0. The predicted molar refractivity (Wildman–Crippen MR) is 108 cm³/mol. The average Bonchev–Trinajstić information content (AvgIpc) is 2.94. The Kier molecular flexibility index (Phi) is 6.21. The van der Waals surface area contributed by atoms with E-state index in [1.54, 1.807) is 6.07 Å². The molecular weight excluding hydrogens is 350 g/mol. The molecule has 1 saturated heterocycles. The van der Waals surface area contributed by atoms with E-state index in [-0.39, 0.29) is 17.2 Å². The van der Waals surface area contributed by atoms with E-state index < -0.39 is 8.32 Å². The first kappa shape index (κ1) is 20.3. The molecule has 2 atom stereocenters. The summed E-state index contributed by atoms with van der Waals surface area (Å²) in [5.74, 6) is 0. The van der Waals surface area contributed by atoms with E-state index in [4.69, 9.17) is 21.3 Å². The number of halogens is 1. The van der Waals surface area contributed by atoms with Gasteiger partial charge < -0.3 is 15.1 Å². The van der Waals surface area contributed by atoms with Gasteiger partial charge in [-0.25, -0.2) is 0 Å². The number of anilines is 1. The monoisotopic (exact) mass is 379 g/mol. The van der Waals surface area contributed by atoms with Gasteiger partial charge in [-0.1, -0.05) is 32.4 Å². The molecule has 1 fully saturated rings. The molecule has 0 bridgehead atoms. The topological polar surface area (TPSA) is 57.1 Å². The molecule has 1 aliphatic heterocycles. The first-order valence-electron chi connectivity index (χ1n) is 8.91. The van der Waals surface area contributed by atoms with E-state index in [1.165, 1.54) is 0 Å². The third kappa shape index (κ3) is 4.56. The molecule has 1 heterocycles. The molecule has 1 aromatic rings. The third-order valence-electron chi connectivity index (χ3n) is 5.56. The molecule has 138 valence electrons. The predicted octanol–water partition coefficient (Wildman–Crippen LogP) is 4.68. The zero-order chi connectivity index (χ0) is 18.8. The Balaban J connectivity index is 2.03. The van der Waals surface area contributed by atoms with Gasteiger partial charge in [-0.3, -0.25) is 0 Å². The second-order valence-electron chi connectivity index (χ2n) is 8.36. The summed E-state index contributed by atoms with van der Waals surface area (Å²) >= 11 is 6.26. The first-order valence-corrected chi connectivity index (χ1v) is 12.2. The molecule has 0 saturated carbocycles. The highest BCUT2D eigenvalue weighted by molar-refractivity contribution is 6.74. The van der Waals surface area contributed by atoms with E-state index in [0.29, 0.717) is 10.6 Å². The van der Waals surface area contributed by atoms with Crippen LogP contribution in [0, 0.1) is 18.3 Å². The summed E-state index contributed by atoms with van der Waals surface area (Å²) in [5.41, 5.74) is 2.41. The Morgan fingerprint density at radius 2 is 2.08 bits per heavy atom. The van der Waals surface area contributed by atoms with Crippen molar-refractivity contribution >= 4 is 25.6 Å². The van der Waals surface area contributed by atoms with Crippen LogP contribution in [0.5, 0.6) is 0 Å². The van der Waals surface area contributed by atoms with E-state index in [1.807, 2.05) is 13.0 Å². The van der Waals surface area contributed by atoms with Gasteiger partial charge in [-0.05, 0) is 55.7 Å². The van der Waals surface area contributed by atoms with Crippen LogP contribution in [0.4, 0.5) is 5.69 Å². The van der Waals surface area contributed by atoms with Gasteiger partial charge in [-0.2, -0.15) is 5.26 Å². The van der Waals surface area contributed by atoms with E-state index >= 15 is 0 Å². The van der Waals surface area contributed by atoms with E-state index in [9.17, 15) is 0 Å². The Labute approximate surface area is 158 Å². The van der Waals surface area contributed by atoms with Gasteiger partial charge in [0.15, 0.2) is 8.32 Å². The van der Waals surface area contributed by atoms with Gasteiger partial charge >= 0.3 is 0 Å². The summed E-state index contributed by atoms with van der Waals surface area (Å²) in [6, 6.07) is 6.10. The van der Waals surface area contributed by atoms with Gasteiger partial charge in [0, 0.05) is 18.3 Å². The fourth-order valence-electron chi connectivity index (χ4n) is 2.83. The molecule has 4 nitrogen and oxygen atoms in total. The Bertz CT molecular complexity index is 664. The van der Waals surface area contributed by atoms with Crippen molar-refractivity contribution in [1.82, 2.24) is 5.32 Å². The van der Waals surface area contributed by atoms with Crippen molar-refractivity contribution in [1.29, 1.82) is 5.26 Å². The van der Waals surface area contributed by atoms with Crippen LogP contribution in [0.1, 0.15) is 38.3 Å². The van der Waals surface area contributed by atoms with Crippen molar-refractivity contribution in [3.63, 3.8) is 0 Å². The van der Waals surface area contributed by atoms with Crippen molar-refractivity contribution in [3.8, 4) is 6.07 Å². The number of nitrogens with zero attached hydrogens (tertiary/aromatic N) is 1. The summed E-state index contributed by atoms with van der Waals surface area (Å²) in [6.07, 6.45) is 1.29. The largest absolute Gasteiger partial charge is 0.412 e. The van der Waals surface area contributed by atoms with Crippen molar-refractivity contribution < 1.29 is 4.43 Å². The standard InChI is InChI=1S/C19H30ClN3OSi/c1-13-15(8-7-14(11-21)18(13)20)23-12-16-17(9-10-22-16)24-25(5,6)19(2,3)4/h7-8,16-17,22-23H,9-10,12H2,1-6H3/t16?,17-/m1/s1. The van der Waals surface area contributed by atoms with Crippen molar-refractivity contribution in [3.05, 3.63) is 28.3 Å². The van der Waals surface area contributed by atoms with Crippen LogP contribution in [0.25, 0.3) is 0 Å². The van der Waals surface area contributed by atoms with E-state index in [2.05, 4.69) is 50.6 Å². The number of rotatable bonds is 5. The van der Waals surface area contributed by atoms with Gasteiger partial charge in [0.2, 0.25) is 0 Å². The third-order valence-corrected chi connectivity index (χ3v) is 10.5. The number of hydrogen-bond donors (Lipinski definition) is 2. The van der Waals surface area contributed by atoms with Crippen LogP contribution < -0.4 is 10.6 Å². The minimum atomic E-state index is -1.78. The van der Waals surface area contributed by atoms with Gasteiger partial charge in [0.05, 0.1) is 16.7 Å². The average molecular weight is 380 g/mol. The minimum Gasteiger partial charge on any atom is -0.412 e. The Morgan fingerprint density at radius 3 is 2.68 bits per heavy atom. The quantitative estimate of drug-likeness (QED) is 0.729. The highest BCUT2D eigenvalue weighted by Crippen LogP contribution is 2.38. The highest BCUT2D eigenvalue weighted by atomic mass is 35.5. The van der Waals surface area contributed by atoms with Gasteiger partial charge in [0.25, 0.3) is 0 Å². The van der Waals surface area contributed by atoms with Gasteiger partial charge in [0.1, 0.15) is 6.07 Å². The molecule has 1 aromatic carbocycles. The lowest BCUT2D eigenvalue weighted by Crippen LogP contribution is -2.48. The van der Waals surface area contributed by atoms with Crippen molar-refractivity contribution in [2.24, 2.45) is 0 Å². The summed E-state index contributed by atoms with van der Waals surface area (Å²) < 4.78 is 6.62. The number of hydrogen-bond acceptors (Lipinski definition) is 4. The van der Waals surface area contributed by atoms with Crippen LogP contribution in [0.3, 0.4) is 0 Å². The fourth-order valence-corrected chi connectivity index (χ4v) is 4.43. The summed E-state index contributed by atoms with van der Waals surface area (Å²) in [6.45, 7) is 15.1. The molecule has 2 rings (SSSR count). The molecular formula is C19H30ClN3OSi. The maximum Gasteiger partial charge on any atom is 0.192 e. The van der Waals surface area contributed by atoms with Crippen LogP contribution in [0.15, 0.2) is 12.1 Å².